The molecule has 1 unspecified atom stereocenters. The van der Waals surface area contributed by atoms with Crippen molar-refractivity contribution in [1.29, 1.82) is 0 Å². The van der Waals surface area contributed by atoms with Crippen molar-refractivity contribution in [3.05, 3.63) is 18.3 Å². The summed E-state index contributed by atoms with van der Waals surface area (Å²) < 4.78 is 5.65. The van der Waals surface area contributed by atoms with E-state index >= 15 is 0 Å². The Balaban J connectivity index is 2.63. The van der Waals surface area contributed by atoms with Gasteiger partial charge in [0, 0.05) is 18.6 Å². The zero-order valence-electron chi connectivity index (χ0n) is 10.0. The number of rotatable bonds is 6. The number of nitrogens with one attached hydrogen (secondary N) is 1. The van der Waals surface area contributed by atoms with Crippen LogP contribution in [0.5, 0.6) is 5.75 Å². The molecule has 0 aliphatic carbocycles. The number of halogens is 1. The highest BCUT2D eigenvalue weighted by Crippen LogP contribution is 2.22. The Morgan fingerprint density at radius 3 is 2.81 bits per heavy atom. The molecule has 1 atom stereocenters. The van der Waals surface area contributed by atoms with E-state index in [0.29, 0.717) is 11.8 Å². The van der Waals surface area contributed by atoms with E-state index in [9.17, 15) is 0 Å². The van der Waals surface area contributed by atoms with Gasteiger partial charge in [-0.05, 0) is 31.9 Å². The summed E-state index contributed by atoms with van der Waals surface area (Å²) in [5.74, 6) is 2.63. The van der Waals surface area contributed by atoms with Crippen LogP contribution < -0.4 is 10.1 Å². The van der Waals surface area contributed by atoms with Crippen molar-refractivity contribution in [3.63, 3.8) is 0 Å². The fraction of sp³-hybridized carbons (Fsp3) is 0.583. The van der Waals surface area contributed by atoms with E-state index in [-0.39, 0.29) is 6.10 Å². The molecule has 1 aromatic rings. The third-order valence-electron chi connectivity index (χ3n) is 2.01. The molecular formula is C12H19ClN2O. The van der Waals surface area contributed by atoms with Gasteiger partial charge in [-0.15, -0.1) is 11.6 Å². The Labute approximate surface area is 102 Å². The molecule has 0 saturated heterocycles. The molecule has 0 amide bonds. The molecule has 16 heavy (non-hydrogen) atoms. The topological polar surface area (TPSA) is 34.2 Å². The summed E-state index contributed by atoms with van der Waals surface area (Å²) in [7, 11) is 0. The van der Waals surface area contributed by atoms with Crippen LogP contribution in [-0.4, -0.2) is 23.5 Å². The number of ether oxygens (including phenoxy) is 1. The molecule has 1 aromatic heterocycles. The molecule has 0 bridgehead atoms. The lowest BCUT2D eigenvalue weighted by molar-refractivity contribution is 0.243. The zero-order chi connectivity index (χ0) is 12.0. The first-order valence-corrected chi connectivity index (χ1v) is 6.08. The van der Waals surface area contributed by atoms with E-state index in [1.54, 1.807) is 6.20 Å². The van der Waals surface area contributed by atoms with E-state index < -0.39 is 0 Å². The highest BCUT2D eigenvalue weighted by Gasteiger charge is 2.07. The van der Waals surface area contributed by atoms with Crippen molar-refractivity contribution in [1.82, 2.24) is 4.98 Å². The number of hydrogen-bond donors (Lipinski definition) is 1. The van der Waals surface area contributed by atoms with Crippen LogP contribution in [0.3, 0.4) is 0 Å². The number of aromatic nitrogens is 1. The quantitative estimate of drug-likeness (QED) is 0.779. The lowest BCUT2D eigenvalue weighted by atomic mass is 10.2. The molecule has 0 aliphatic rings. The van der Waals surface area contributed by atoms with Crippen molar-refractivity contribution < 1.29 is 4.74 Å². The first-order chi connectivity index (χ1) is 7.63. The van der Waals surface area contributed by atoms with Gasteiger partial charge in [0.25, 0.3) is 0 Å². The highest BCUT2D eigenvalue weighted by molar-refractivity contribution is 6.18. The Morgan fingerprint density at radius 1 is 1.44 bits per heavy atom. The van der Waals surface area contributed by atoms with Gasteiger partial charge in [0.1, 0.15) is 0 Å². The van der Waals surface area contributed by atoms with Crippen LogP contribution in [0.1, 0.15) is 20.8 Å². The first kappa shape index (κ1) is 13.1. The van der Waals surface area contributed by atoms with Crippen molar-refractivity contribution in [2.24, 2.45) is 5.92 Å². The average Bonchev–Trinajstić information content (AvgIpc) is 2.26. The van der Waals surface area contributed by atoms with Gasteiger partial charge in [0.2, 0.25) is 0 Å². The normalized spacial score (nSPS) is 12.6. The number of pyridine rings is 1. The molecule has 1 heterocycles. The maximum atomic E-state index is 5.75. The van der Waals surface area contributed by atoms with Crippen LogP contribution in [0.4, 0.5) is 5.82 Å². The average molecular weight is 243 g/mol. The first-order valence-electron chi connectivity index (χ1n) is 5.55. The highest BCUT2D eigenvalue weighted by atomic mass is 35.5. The summed E-state index contributed by atoms with van der Waals surface area (Å²) in [5, 5.41) is 3.25. The lowest BCUT2D eigenvalue weighted by Gasteiger charge is -2.15. The summed E-state index contributed by atoms with van der Waals surface area (Å²) in [6, 6.07) is 3.79. The molecule has 0 fully saturated rings. The number of anilines is 1. The minimum Gasteiger partial charge on any atom is -0.487 e. The fourth-order valence-corrected chi connectivity index (χ4v) is 1.31. The summed E-state index contributed by atoms with van der Waals surface area (Å²) in [5.41, 5.74) is 0. The van der Waals surface area contributed by atoms with Crippen LogP contribution in [0.25, 0.3) is 0 Å². The molecule has 0 saturated carbocycles. The van der Waals surface area contributed by atoms with E-state index in [1.165, 1.54) is 0 Å². The second-order valence-corrected chi connectivity index (χ2v) is 4.47. The standard InChI is InChI=1S/C12H19ClN2O/c1-9(2)16-11-5-4-6-14-12(11)15-8-10(3)7-13/h4-6,9-10H,7-8H2,1-3H3,(H,14,15). The van der Waals surface area contributed by atoms with Gasteiger partial charge in [-0.2, -0.15) is 0 Å². The molecule has 4 heteroatoms. The third-order valence-corrected chi connectivity index (χ3v) is 2.54. The van der Waals surface area contributed by atoms with Crippen LogP contribution in [0.15, 0.2) is 18.3 Å². The van der Waals surface area contributed by atoms with Crippen LogP contribution in [-0.2, 0) is 0 Å². The van der Waals surface area contributed by atoms with Gasteiger partial charge in [-0.3, -0.25) is 0 Å². The molecular weight excluding hydrogens is 224 g/mol. The van der Waals surface area contributed by atoms with Gasteiger partial charge in [-0.25, -0.2) is 4.98 Å². The SMILES string of the molecule is CC(CCl)CNc1ncccc1OC(C)C. The summed E-state index contributed by atoms with van der Waals surface area (Å²) in [4.78, 5) is 4.26. The maximum Gasteiger partial charge on any atom is 0.168 e. The third kappa shape index (κ3) is 4.27. The number of alkyl halides is 1. The molecule has 0 aromatic carbocycles. The van der Waals surface area contributed by atoms with Gasteiger partial charge >= 0.3 is 0 Å². The maximum absolute atomic E-state index is 5.75. The second kappa shape index (κ2) is 6.59. The van der Waals surface area contributed by atoms with Gasteiger partial charge < -0.3 is 10.1 Å². The number of hydrogen-bond acceptors (Lipinski definition) is 3. The van der Waals surface area contributed by atoms with Crippen LogP contribution in [0, 0.1) is 5.92 Å². The molecule has 1 rings (SSSR count). The molecule has 0 radical (unpaired) electrons. The lowest BCUT2D eigenvalue weighted by Crippen LogP contribution is -2.15. The summed E-state index contributed by atoms with van der Waals surface area (Å²) in [6.45, 7) is 6.89. The van der Waals surface area contributed by atoms with Crippen molar-refractivity contribution in [2.75, 3.05) is 17.7 Å². The Hall–Kier alpha value is -0.960. The van der Waals surface area contributed by atoms with Gasteiger partial charge in [0.15, 0.2) is 11.6 Å². The van der Waals surface area contributed by atoms with E-state index in [4.69, 9.17) is 16.3 Å². The van der Waals surface area contributed by atoms with Crippen LogP contribution >= 0.6 is 11.6 Å². The minimum absolute atomic E-state index is 0.148. The van der Waals surface area contributed by atoms with Crippen molar-refractivity contribution >= 4 is 17.4 Å². The zero-order valence-corrected chi connectivity index (χ0v) is 10.8. The van der Waals surface area contributed by atoms with Crippen molar-refractivity contribution in [3.8, 4) is 5.75 Å². The monoisotopic (exact) mass is 242 g/mol. The molecule has 0 aliphatic heterocycles. The molecule has 90 valence electrons. The smallest absolute Gasteiger partial charge is 0.168 e. The molecule has 0 spiro atoms. The van der Waals surface area contributed by atoms with E-state index in [0.717, 1.165) is 18.1 Å². The molecule has 1 N–H and O–H groups in total. The summed E-state index contributed by atoms with van der Waals surface area (Å²) >= 11 is 5.75. The van der Waals surface area contributed by atoms with Crippen molar-refractivity contribution in [2.45, 2.75) is 26.9 Å². The Kier molecular flexibility index (Phi) is 5.39. The molecule has 3 nitrogen and oxygen atoms in total. The minimum atomic E-state index is 0.148. The largest absolute Gasteiger partial charge is 0.487 e. The predicted octanol–water partition coefficient (Wildman–Crippen LogP) is 3.16. The Morgan fingerprint density at radius 2 is 2.19 bits per heavy atom. The van der Waals surface area contributed by atoms with Gasteiger partial charge in [-0.1, -0.05) is 6.92 Å². The predicted molar refractivity (Wildman–Crippen MR) is 68.4 cm³/mol. The van der Waals surface area contributed by atoms with Crippen LogP contribution in [0.2, 0.25) is 0 Å². The Bertz CT molecular complexity index is 318. The van der Waals surface area contributed by atoms with E-state index in [1.807, 2.05) is 26.0 Å². The second-order valence-electron chi connectivity index (χ2n) is 4.16. The summed E-state index contributed by atoms with van der Waals surface area (Å²) in [6.07, 6.45) is 1.90. The van der Waals surface area contributed by atoms with Gasteiger partial charge in [0.05, 0.1) is 6.10 Å². The fourth-order valence-electron chi connectivity index (χ4n) is 1.20. The van der Waals surface area contributed by atoms with E-state index in [2.05, 4.69) is 17.2 Å². The number of nitrogens with zero attached hydrogens (tertiary/aromatic N) is 1.